The van der Waals surface area contributed by atoms with Crippen molar-refractivity contribution in [3.05, 3.63) is 77.6 Å². The van der Waals surface area contributed by atoms with Gasteiger partial charge < -0.3 is 29.6 Å². The first kappa shape index (κ1) is 28.4. The minimum atomic E-state index is -1.04. The van der Waals surface area contributed by atoms with Crippen molar-refractivity contribution in [3.63, 3.8) is 0 Å². The van der Waals surface area contributed by atoms with Crippen LogP contribution in [0.5, 0.6) is 11.5 Å². The van der Waals surface area contributed by atoms with Gasteiger partial charge in [0.05, 0.1) is 20.7 Å². The number of nitrogens with two attached hydrogens (primary N) is 1. The Kier molecular flexibility index (Phi) is 8.54. The first-order chi connectivity index (χ1) is 19.1. The standard InChI is InChI=1S/C29H32N4O7/c1-33(17-20-5-3-7-23(35)15-20)14-4-6-21(18-33)32(24(27(30)36)16-19-8-10-22(34)11-9-19)29(38)31-26-13-12-25(40-26)28(37)39-2/h3,5,7-13,15,24H,4,6,14,16-18H2,1-2H3,(H3-2,30,31,34,35,36,37,38)/p+2/b32-21-/t24-,33?/m0/s1. The van der Waals surface area contributed by atoms with Crippen LogP contribution in [0.3, 0.4) is 0 Å². The second-order valence-electron chi connectivity index (χ2n) is 10.2. The summed E-state index contributed by atoms with van der Waals surface area (Å²) in [5.41, 5.74) is 8.25. The molecule has 1 saturated heterocycles. The summed E-state index contributed by atoms with van der Waals surface area (Å²) in [5.74, 6) is -1.20. The maximum Gasteiger partial charge on any atom is 0.499 e. The number of primary amides is 1. The highest BCUT2D eigenvalue weighted by atomic mass is 16.5. The zero-order chi connectivity index (χ0) is 28.9. The zero-order valence-electron chi connectivity index (χ0n) is 22.5. The maximum absolute atomic E-state index is 13.8. The molecule has 1 fully saturated rings. The number of furan rings is 1. The zero-order valence-corrected chi connectivity index (χ0v) is 22.5. The normalized spacial score (nSPS) is 18.9. The number of methoxy groups -OCH3 is 1. The number of anilines is 1. The van der Waals surface area contributed by atoms with Crippen molar-refractivity contribution in [3.8, 4) is 11.5 Å². The third-order valence-corrected chi connectivity index (χ3v) is 6.99. The smallest absolute Gasteiger partial charge is 0.499 e. The molecule has 40 heavy (non-hydrogen) atoms. The minimum absolute atomic E-state index is 0.0108. The Labute approximate surface area is 231 Å². The van der Waals surface area contributed by atoms with Gasteiger partial charge in [0.25, 0.3) is 11.8 Å². The average Bonchev–Trinajstić information content (AvgIpc) is 3.37. The van der Waals surface area contributed by atoms with E-state index in [1.807, 2.05) is 6.07 Å². The third-order valence-electron chi connectivity index (χ3n) is 6.99. The molecule has 0 spiro atoms. The summed E-state index contributed by atoms with van der Waals surface area (Å²) in [4.78, 5) is 38.5. The lowest BCUT2D eigenvalue weighted by Crippen LogP contribution is -2.56. The first-order valence-corrected chi connectivity index (χ1v) is 12.9. The van der Waals surface area contributed by atoms with Crippen LogP contribution in [0.2, 0.25) is 0 Å². The van der Waals surface area contributed by atoms with Crippen molar-refractivity contribution < 1.29 is 42.8 Å². The predicted octanol–water partition coefficient (Wildman–Crippen LogP) is 3.00. The molecule has 0 bridgehead atoms. The number of phenols is 2. The Bertz CT molecular complexity index is 1430. The Morgan fingerprint density at radius 2 is 1.82 bits per heavy atom. The van der Waals surface area contributed by atoms with Crippen molar-refractivity contribution >= 4 is 29.5 Å². The van der Waals surface area contributed by atoms with Crippen molar-refractivity contribution in [2.75, 3.05) is 32.6 Å². The van der Waals surface area contributed by atoms with Crippen LogP contribution < -0.4 is 11.1 Å². The van der Waals surface area contributed by atoms with Gasteiger partial charge in [0, 0.05) is 30.9 Å². The molecule has 11 heteroatoms. The molecule has 1 aliphatic heterocycles. The molecule has 11 nitrogen and oxygen atoms in total. The second kappa shape index (κ2) is 12.0. The van der Waals surface area contributed by atoms with Gasteiger partial charge in [0.2, 0.25) is 5.76 Å². The van der Waals surface area contributed by atoms with Crippen LogP contribution in [0.4, 0.5) is 10.7 Å². The number of aromatic hydroxyl groups is 2. The van der Waals surface area contributed by atoms with E-state index >= 15 is 0 Å². The number of ether oxygens (including phenoxy) is 1. The van der Waals surface area contributed by atoms with E-state index in [-0.39, 0.29) is 29.6 Å². The van der Waals surface area contributed by atoms with Crippen LogP contribution in [-0.2, 0) is 22.5 Å². The SMILES string of the molecule is COC(=O)c1ccc(NC(=O)/[N+](=C2/CCC[N+](C)(Cc3cccc(O)c3)C2)[C@@H](Cc2ccc(O)cc2)C(N)=O)o1. The molecule has 3 amide bonds. The number of benzene rings is 2. The fourth-order valence-corrected chi connectivity index (χ4v) is 5.15. The summed E-state index contributed by atoms with van der Waals surface area (Å²) in [5, 5.41) is 22.3. The summed E-state index contributed by atoms with van der Waals surface area (Å²) in [6.07, 6.45) is 1.44. The summed E-state index contributed by atoms with van der Waals surface area (Å²) < 4.78 is 12.0. The number of esters is 1. The lowest BCUT2D eigenvalue weighted by Gasteiger charge is -2.38. The highest BCUT2D eigenvalue weighted by Crippen LogP contribution is 2.23. The molecular weight excluding hydrogens is 516 g/mol. The fourth-order valence-electron chi connectivity index (χ4n) is 5.15. The number of hydrogen-bond donors (Lipinski definition) is 4. The predicted molar refractivity (Wildman–Crippen MR) is 146 cm³/mol. The van der Waals surface area contributed by atoms with Gasteiger partial charge in [-0.2, -0.15) is 14.7 Å². The monoisotopic (exact) mass is 550 g/mol. The number of carbonyl (C=O) groups is 3. The van der Waals surface area contributed by atoms with E-state index in [4.69, 9.17) is 10.2 Å². The van der Waals surface area contributed by atoms with Gasteiger partial charge in [0.1, 0.15) is 30.3 Å². The van der Waals surface area contributed by atoms with E-state index in [9.17, 15) is 24.6 Å². The highest BCUT2D eigenvalue weighted by molar-refractivity contribution is 5.94. The van der Waals surface area contributed by atoms with Crippen LogP contribution in [0.1, 0.15) is 34.5 Å². The molecule has 1 unspecified atom stereocenters. The molecule has 4 rings (SSSR count). The van der Waals surface area contributed by atoms with E-state index in [0.717, 1.165) is 18.5 Å². The molecule has 0 saturated carbocycles. The van der Waals surface area contributed by atoms with Crippen LogP contribution in [0, 0.1) is 0 Å². The number of piperidine rings is 1. The summed E-state index contributed by atoms with van der Waals surface area (Å²) >= 11 is 0. The van der Waals surface area contributed by atoms with Gasteiger partial charge >= 0.3 is 12.0 Å². The van der Waals surface area contributed by atoms with Crippen molar-refractivity contribution in [1.82, 2.24) is 0 Å². The van der Waals surface area contributed by atoms with Crippen LogP contribution >= 0.6 is 0 Å². The van der Waals surface area contributed by atoms with Crippen molar-refractivity contribution in [1.29, 1.82) is 0 Å². The van der Waals surface area contributed by atoms with Gasteiger partial charge in [0.15, 0.2) is 6.04 Å². The van der Waals surface area contributed by atoms with Gasteiger partial charge in [-0.1, -0.05) is 24.3 Å². The molecule has 2 heterocycles. The second-order valence-corrected chi connectivity index (χ2v) is 10.2. The number of quaternary nitrogens is 1. The molecule has 2 aromatic carbocycles. The van der Waals surface area contributed by atoms with Gasteiger partial charge in [-0.05, 0) is 35.9 Å². The minimum Gasteiger partial charge on any atom is -0.508 e. The van der Waals surface area contributed by atoms with E-state index < -0.39 is 23.9 Å². The molecule has 1 aliphatic rings. The van der Waals surface area contributed by atoms with Crippen LogP contribution in [0.15, 0.2) is 65.1 Å². The Morgan fingerprint density at radius 1 is 1.07 bits per heavy atom. The van der Waals surface area contributed by atoms with E-state index in [2.05, 4.69) is 17.1 Å². The van der Waals surface area contributed by atoms with Crippen molar-refractivity contribution in [2.45, 2.75) is 31.8 Å². The van der Waals surface area contributed by atoms with Gasteiger partial charge in [-0.3, -0.25) is 4.79 Å². The third kappa shape index (κ3) is 6.86. The summed E-state index contributed by atoms with van der Waals surface area (Å²) in [6, 6.07) is 14.6. The molecule has 5 N–H and O–H groups in total. The number of likely N-dealkylation sites (tertiary alicyclic amines) is 1. The van der Waals surface area contributed by atoms with E-state index in [1.165, 1.54) is 36.0 Å². The molecular formula is C29H34N4O7+2. The lowest BCUT2D eigenvalue weighted by molar-refractivity contribution is -0.918. The maximum atomic E-state index is 13.8. The van der Waals surface area contributed by atoms with Crippen LogP contribution in [-0.4, -0.2) is 76.2 Å². The molecule has 3 aromatic rings. The molecule has 210 valence electrons. The Morgan fingerprint density at radius 3 is 2.50 bits per heavy atom. The largest absolute Gasteiger partial charge is 0.508 e. The summed E-state index contributed by atoms with van der Waals surface area (Å²) in [6.45, 7) is 1.88. The number of urea groups is 1. The number of nitrogens with one attached hydrogen (secondary N) is 1. The lowest BCUT2D eigenvalue weighted by atomic mass is 10.0. The van der Waals surface area contributed by atoms with E-state index in [0.29, 0.717) is 35.3 Å². The number of amides is 3. The molecule has 0 aliphatic carbocycles. The van der Waals surface area contributed by atoms with Gasteiger partial charge in [-0.25, -0.2) is 4.79 Å². The number of phenolic OH excluding ortho intramolecular Hbond substituents is 2. The van der Waals surface area contributed by atoms with E-state index in [1.54, 1.807) is 30.3 Å². The molecule has 2 atom stereocenters. The summed E-state index contributed by atoms with van der Waals surface area (Å²) in [7, 11) is 3.28. The Hall–Kier alpha value is -4.64. The number of hydrogen-bond acceptors (Lipinski definition) is 7. The number of nitrogens with zero attached hydrogens (tertiary/aromatic N) is 2. The fraction of sp³-hybridized carbons (Fsp3) is 0.310. The highest BCUT2D eigenvalue weighted by Gasteiger charge is 2.39. The average molecular weight is 551 g/mol. The molecule has 1 aromatic heterocycles. The quantitative estimate of drug-likeness (QED) is 0.191. The number of carbonyl (C=O) groups excluding carboxylic acids is 3. The van der Waals surface area contributed by atoms with Crippen molar-refractivity contribution in [2.24, 2.45) is 5.73 Å². The first-order valence-electron chi connectivity index (χ1n) is 12.9. The Balaban J connectivity index is 1.71. The molecule has 0 radical (unpaired) electrons. The topological polar surface area (TPSA) is 155 Å². The number of rotatable bonds is 8. The van der Waals surface area contributed by atoms with Crippen LogP contribution in [0.25, 0.3) is 0 Å². The van der Waals surface area contributed by atoms with Gasteiger partial charge in [-0.15, -0.1) is 0 Å².